The Labute approximate surface area is 159 Å². The molecule has 1 amide bonds. The van der Waals surface area contributed by atoms with E-state index in [0.717, 1.165) is 49.2 Å². The molecule has 0 spiro atoms. The zero-order valence-electron chi connectivity index (χ0n) is 15.6. The van der Waals surface area contributed by atoms with Crippen LogP contribution in [-0.4, -0.2) is 43.1 Å². The molecule has 0 unspecified atom stereocenters. The van der Waals surface area contributed by atoms with Crippen LogP contribution in [0, 0.1) is 23.2 Å². The van der Waals surface area contributed by atoms with Crippen LogP contribution in [0.4, 0.5) is 5.69 Å². The van der Waals surface area contributed by atoms with Crippen molar-refractivity contribution in [1.82, 2.24) is 15.6 Å². The van der Waals surface area contributed by atoms with E-state index < -0.39 is 0 Å². The molecule has 3 heterocycles. The number of hydrogen-bond donors (Lipinski definition) is 2. The molecular weight excluding hydrogens is 338 g/mol. The molecule has 6 nitrogen and oxygen atoms in total. The molecule has 0 aliphatic carbocycles. The molecule has 2 fully saturated rings. The number of anilines is 1. The Kier molecular flexibility index (Phi) is 4.95. The zero-order valence-corrected chi connectivity index (χ0v) is 15.6. The highest BCUT2D eigenvalue weighted by molar-refractivity contribution is 5.95. The normalized spacial score (nSPS) is 22.9. The Hall–Kier alpha value is -2.65. The molecule has 1 aromatic heterocycles. The summed E-state index contributed by atoms with van der Waals surface area (Å²) in [5.41, 5.74) is 2.43. The topological polar surface area (TPSA) is 81.0 Å². The lowest BCUT2D eigenvalue weighted by molar-refractivity contribution is -0.123. The van der Waals surface area contributed by atoms with Crippen LogP contribution in [0.5, 0.6) is 0 Å². The van der Waals surface area contributed by atoms with Crippen molar-refractivity contribution >= 4 is 22.5 Å². The van der Waals surface area contributed by atoms with Gasteiger partial charge in [-0.25, -0.2) is 0 Å². The second-order valence-corrected chi connectivity index (χ2v) is 7.88. The summed E-state index contributed by atoms with van der Waals surface area (Å²) >= 11 is 0. The zero-order chi connectivity index (χ0) is 18.8. The largest absolute Gasteiger partial charge is 0.369 e. The fourth-order valence-electron chi connectivity index (χ4n) is 4.22. The molecule has 2 saturated heterocycles. The van der Waals surface area contributed by atoms with Crippen LogP contribution in [0.15, 0.2) is 30.5 Å². The van der Waals surface area contributed by atoms with E-state index in [1.165, 1.54) is 0 Å². The van der Waals surface area contributed by atoms with Gasteiger partial charge in [0.1, 0.15) is 6.07 Å². The second kappa shape index (κ2) is 7.53. The number of aromatic nitrogens is 1. The van der Waals surface area contributed by atoms with E-state index in [4.69, 9.17) is 0 Å². The van der Waals surface area contributed by atoms with Gasteiger partial charge in [-0.2, -0.15) is 5.26 Å². The van der Waals surface area contributed by atoms with E-state index in [9.17, 15) is 10.1 Å². The predicted molar refractivity (Wildman–Crippen MR) is 105 cm³/mol. The first-order valence-corrected chi connectivity index (χ1v) is 9.67. The number of pyridine rings is 1. The van der Waals surface area contributed by atoms with Crippen LogP contribution in [0.3, 0.4) is 0 Å². The summed E-state index contributed by atoms with van der Waals surface area (Å²) in [5, 5.41) is 16.8. The molecule has 0 saturated carbocycles. The highest BCUT2D eigenvalue weighted by Gasteiger charge is 2.28. The lowest BCUT2D eigenvalue weighted by Gasteiger charge is -2.39. The van der Waals surface area contributed by atoms with Crippen LogP contribution in [0.1, 0.15) is 25.3 Å². The molecule has 27 heavy (non-hydrogen) atoms. The fraction of sp³-hybridized carbons (Fsp3) is 0.476. The summed E-state index contributed by atoms with van der Waals surface area (Å²) in [6, 6.07) is 10.2. The summed E-state index contributed by atoms with van der Waals surface area (Å²) in [4.78, 5) is 19.1. The van der Waals surface area contributed by atoms with Crippen molar-refractivity contribution in [1.29, 1.82) is 5.26 Å². The summed E-state index contributed by atoms with van der Waals surface area (Å²) < 4.78 is 0. The van der Waals surface area contributed by atoms with Gasteiger partial charge < -0.3 is 15.5 Å². The molecule has 2 aliphatic rings. The van der Waals surface area contributed by atoms with Crippen LogP contribution in [0.25, 0.3) is 10.9 Å². The first-order chi connectivity index (χ1) is 13.1. The van der Waals surface area contributed by atoms with Gasteiger partial charge in [-0.3, -0.25) is 9.78 Å². The van der Waals surface area contributed by atoms with Crippen molar-refractivity contribution < 1.29 is 4.79 Å². The van der Waals surface area contributed by atoms with E-state index in [0.29, 0.717) is 23.8 Å². The summed E-state index contributed by atoms with van der Waals surface area (Å²) in [6.07, 6.45) is 3.34. The summed E-state index contributed by atoms with van der Waals surface area (Å²) in [6.45, 7) is 5.85. The molecule has 0 radical (unpaired) electrons. The van der Waals surface area contributed by atoms with Gasteiger partial charge in [0.15, 0.2) is 0 Å². The third-order valence-electron chi connectivity index (χ3n) is 5.57. The third kappa shape index (κ3) is 3.74. The molecule has 0 bridgehead atoms. The molecule has 2 N–H and O–H groups in total. The number of fused-ring (bicyclic) bond motifs is 1. The predicted octanol–water partition coefficient (Wildman–Crippen LogP) is 2.05. The van der Waals surface area contributed by atoms with Crippen LogP contribution in [-0.2, 0) is 4.79 Å². The molecule has 6 heteroatoms. The molecule has 1 aromatic carbocycles. The van der Waals surface area contributed by atoms with E-state index in [1.807, 2.05) is 24.3 Å². The average Bonchev–Trinajstić information content (AvgIpc) is 2.63. The molecule has 140 valence electrons. The fourth-order valence-corrected chi connectivity index (χ4v) is 4.22. The Balaban J connectivity index is 1.54. The van der Waals surface area contributed by atoms with Gasteiger partial charge >= 0.3 is 0 Å². The van der Waals surface area contributed by atoms with Gasteiger partial charge in [-0.15, -0.1) is 0 Å². The van der Waals surface area contributed by atoms with Gasteiger partial charge in [0, 0.05) is 42.8 Å². The average molecular weight is 363 g/mol. The van der Waals surface area contributed by atoms with E-state index in [1.54, 1.807) is 6.20 Å². The van der Waals surface area contributed by atoms with Gasteiger partial charge in [0.25, 0.3) is 0 Å². The van der Waals surface area contributed by atoms with Crippen molar-refractivity contribution in [2.75, 3.05) is 31.1 Å². The van der Waals surface area contributed by atoms with Gasteiger partial charge in [-0.1, -0.05) is 6.92 Å². The first kappa shape index (κ1) is 17.7. The summed E-state index contributed by atoms with van der Waals surface area (Å²) in [7, 11) is 0. The Morgan fingerprint density at radius 1 is 1.37 bits per heavy atom. The first-order valence-electron chi connectivity index (χ1n) is 9.67. The number of benzene rings is 1. The number of nitriles is 1. The number of nitrogens with zero attached hydrogens (tertiary/aromatic N) is 3. The highest BCUT2D eigenvalue weighted by Crippen LogP contribution is 2.31. The number of piperidine rings is 1. The van der Waals surface area contributed by atoms with Crippen molar-refractivity contribution in [2.24, 2.45) is 11.8 Å². The molecular formula is C21H25N5O. The maximum atomic E-state index is 12.4. The van der Waals surface area contributed by atoms with Crippen molar-refractivity contribution in [3.05, 3.63) is 36.0 Å². The minimum absolute atomic E-state index is 0.150. The monoisotopic (exact) mass is 363 g/mol. The molecule has 2 aromatic rings. The second-order valence-electron chi connectivity index (χ2n) is 7.88. The van der Waals surface area contributed by atoms with E-state index >= 15 is 0 Å². The van der Waals surface area contributed by atoms with Gasteiger partial charge in [-0.05, 0) is 55.6 Å². The van der Waals surface area contributed by atoms with E-state index in [-0.39, 0.29) is 11.9 Å². The minimum atomic E-state index is 0.150. The van der Waals surface area contributed by atoms with Crippen molar-refractivity contribution in [3.63, 3.8) is 0 Å². The Morgan fingerprint density at radius 3 is 2.96 bits per heavy atom. The number of carbonyl (C=O) groups excluding carboxylic acids is 1. The molecule has 2 aliphatic heterocycles. The molecule has 4 rings (SSSR count). The van der Waals surface area contributed by atoms with Crippen LogP contribution in [0.2, 0.25) is 0 Å². The van der Waals surface area contributed by atoms with Crippen molar-refractivity contribution in [3.8, 4) is 6.07 Å². The van der Waals surface area contributed by atoms with E-state index in [2.05, 4.69) is 33.5 Å². The number of amides is 1. The quantitative estimate of drug-likeness (QED) is 0.869. The smallest absolute Gasteiger partial charge is 0.220 e. The van der Waals surface area contributed by atoms with Crippen molar-refractivity contribution in [2.45, 2.75) is 25.8 Å². The molecule has 2 atom stereocenters. The Morgan fingerprint density at radius 2 is 2.22 bits per heavy atom. The minimum Gasteiger partial charge on any atom is -0.369 e. The number of rotatable bonds is 4. The third-order valence-corrected chi connectivity index (χ3v) is 5.57. The standard InChI is InChI=1S/C21H25N5O/c1-14-7-17(25-20(27)8-15-10-23-11-15)13-26(12-14)19-5-4-16(9-22)21-18(19)3-2-6-24-21/h2-6,14-15,17,23H,7-8,10-13H2,1H3,(H,25,27)/t14-,17+/m0/s1. The van der Waals surface area contributed by atoms with Gasteiger partial charge in [0.05, 0.1) is 11.1 Å². The summed E-state index contributed by atoms with van der Waals surface area (Å²) in [5.74, 6) is 1.12. The van der Waals surface area contributed by atoms with Crippen LogP contribution < -0.4 is 15.5 Å². The SMILES string of the molecule is C[C@H]1C[C@@H](NC(=O)CC2CNC2)CN(c2ccc(C#N)c3ncccc23)C1. The van der Waals surface area contributed by atoms with Gasteiger partial charge in [0.2, 0.25) is 5.91 Å². The maximum absolute atomic E-state index is 12.4. The lowest BCUT2D eigenvalue weighted by atomic mass is 9.93. The van der Waals surface area contributed by atoms with Crippen LogP contribution >= 0.6 is 0 Å². The number of carbonyl (C=O) groups is 1. The Bertz CT molecular complexity index is 886. The number of nitrogens with one attached hydrogen (secondary N) is 2. The number of hydrogen-bond acceptors (Lipinski definition) is 5. The lowest BCUT2D eigenvalue weighted by Crippen LogP contribution is -2.52. The highest BCUT2D eigenvalue weighted by atomic mass is 16.1. The maximum Gasteiger partial charge on any atom is 0.220 e.